The van der Waals surface area contributed by atoms with E-state index in [9.17, 15) is 14.9 Å². The van der Waals surface area contributed by atoms with Gasteiger partial charge in [0, 0.05) is 23.1 Å². The highest BCUT2D eigenvalue weighted by atomic mass is 16.6. The Morgan fingerprint density at radius 3 is 2.33 bits per heavy atom. The van der Waals surface area contributed by atoms with Gasteiger partial charge in [0.2, 0.25) is 0 Å². The van der Waals surface area contributed by atoms with E-state index in [0.29, 0.717) is 28.3 Å². The molecule has 0 saturated heterocycles. The van der Waals surface area contributed by atoms with Crippen molar-refractivity contribution in [1.29, 1.82) is 0 Å². The molecule has 7 heteroatoms. The summed E-state index contributed by atoms with van der Waals surface area (Å²) in [6, 6.07) is 31.9. The van der Waals surface area contributed by atoms with Crippen LogP contribution in [0.15, 0.2) is 109 Å². The van der Waals surface area contributed by atoms with Crippen molar-refractivity contribution in [3.8, 4) is 22.8 Å². The second-order valence-electron chi connectivity index (χ2n) is 8.01. The Balaban J connectivity index is 1.34. The molecular formula is C29H20N2O5. The van der Waals surface area contributed by atoms with Gasteiger partial charge in [-0.25, -0.2) is 9.78 Å². The Hall–Kier alpha value is -5.04. The number of non-ortho nitro benzene ring substituents is 1. The summed E-state index contributed by atoms with van der Waals surface area (Å²) in [6.07, 6.45) is 0. The van der Waals surface area contributed by atoms with Gasteiger partial charge in [0.15, 0.2) is 0 Å². The van der Waals surface area contributed by atoms with Gasteiger partial charge in [0.25, 0.3) is 5.69 Å². The summed E-state index contributed by atoms with van der Waals surface area (Å²) in [5.41, 5.74) is 3.49. The molecule has 0 bridgehead atoms. The van der Waals surface area contributed by atoms with Crippen molar-refractivity contribution in [1.82, 2.24) is 4.98 Å². The number of hydrogen-bond acceptors (Lipinski definition) is 6. The molecule has 5 rings (SSSR count). The molecule has 5 aromatic rings. The number of pyridine rings is 1. The van der Waals surface area contributed by atoms with Crippen LogP contribution in [0.25, 0.3) is 22.2 Å². The molecule has 0 spiro atoms. The highest BCUT2D eigenvalue weighted by Gasteiger charge is 2.15. The van der Waals surface area contributed by atoms with Crippen molar-refractivity contribution in [2.75, 3.05) is 0 Å². The van der Waals surface area contributed by atoms with Gasteiger partial charge in [0.05, 0.1) is 21.7 Å². The zero-order chi connectivity index (χ0) is 24.9. The third kappa shape index (κ3) is 5.05. The Bertz CT molecular complexity index is 1550. The van der Waals surface area contributed by atoms with Crippen molar-refractivity contribution in [2.45, 2.75) is 6.61 Å². The van der Waals surface area contributed by atoms with Crippen LogP contribution >= 0.6 is 0 Å². The van der Waals surface area contributed by atoms with E-state index < -0.39 is 10.9 Å². The van der Waals surface area contributed by atoms with E-state index in [1.165, 1.54) is 24.3 Å². The molecule has 0 aliphatic rings. The number of fused-ring (bicyclic) bond motifs is 1. The number of benzene rings is 4. The molecule has 7 nitrogen and oxygen atoms in total. The minimum absolute atomic E-state index is 0.0120. The lowest BCUT2D eigenvalue weighted by Crippen LogP contribution is -2.07. The lowest BCUT2D eigenvalue weighted by molar-refractivity contribution is -0.384. The predicted molar refractivity (Wildman–Crippen MR) is 136 cm³/mol. The summed E-state index contributed by atoms with van der Waals surface area (Å²) in [7, 11) is 0. The van der Waals surface area contributed by atoms with Crippen LogP contribution in [-0.4, -0.2) is 15.9 Å². The largest absolute Gasteiger partial charge is 0.457 e. The first-order valence-corrected chi connectivity index (χ1v) is 11.2. The Morgan fingerprint density at radius 1 is 0.806 bits per heavy atom. The normalized spacial score (nSPS) is 10.7. The van der Waals surface area contributed by atoms with E-state index in [-0.39, 0.29) is 12.3 Å². The highest BCUT2D eigenvalue weighted by molar-refractivity contribution is 6.04. The molecule has 0 amide bonds. The average Bonchev–Trinajstić information content (AvgIpc) is 2.92. The first-order chi connectivity index (χ1) is 17.6. The van der Waals surface area contributed by atoms with Crippen LogP contribution < -0.4 is 4.74 Å². The summed E-state index contributed by atoms with van der Waals surface area (Å²) in [5.74, 6) is 0.539. The van der Waals surface area contributed by atoms with E-state index in [0.717, 1.165) is 16.5 Å². The molecule has 36 heavy (non-hydrogen) atoms. The summed E-state index contributed by atoms with van der Waals surface area (Å²) >= 11 is 0. The van der Waals surface area contributed by atoms with Gasteiger partial charge in [-0.1, -0.05) is 60.7 Å². The van der Waals surface area contributed by atoms with E-state index >= 15 is 0 Å². The molecule has 176 valence electrons. The lowest BCUT2D eigenvalue weighted by atomic mass is 10.0. The molecule has 0 unspecified atom stereocenters. The molecule has 1 heterocycles. The van der Waals surface area contributed by atoms with Crippen LogP contribution in [0.1, 0.15) is 15.9 Å². The molecule has 0 saturated carbocycles. The van der Waals surface area contributed by atoms with Gasteiger partial charge in [-0.2, -0.15) is 0 Å². The number of esters is 1. The first kappa shape index (κ1) is 22.7. The van der Waals surface area contributed by atoms with E-state index in [1.54, 1.807) is 24.3 Å². The van der Waals surface area contributed by atoms with Gasteiger partial charge in [-0.15, -0.1) is 0 Å². The number of hydrogen-bond donors (Lipinski definition) is 0. The van der Waals surface area contributed by atoms with Gasteiger partial charge in [-0.3, -0.25) is 10.1 Å². The maximum atomic E-state index is 13.1. The van der Waals surface area contributed by atoms with Crippen LogP contribution in [0.5, 0.6) is 11.5 Å². The average molecular weight is 476 g/mol. The monoisotopic (exact) mass is 476 g/mol. The Labute approximate surface area is 206 Å². The second-order valence-corrected chi connectivity index (χ2v) is 8.01. The van der Waals surface area contributed by atoms with Gasteiger partial charge >= 0.3 is 5.97 Å². The number of nitro groups is 1. The number of para-hydroxylation sites is 1. The van der Waals surface area contributed by atoms with Crippen LogP contribution in [-0.2, 0) is 11.3 Å². The number of nitro benzene ring substituents is 1. The zero-order valence-electron chi connectivity index (χ0n) is 19.0. The molecular weight excluding hydrogens is 456 g/mol. The number of carbonyl (C=O) groups excluding carboxylic acids is 1. The van der Waals surface area contributed by atoms with Crippen LogP contribution in [0.3, 0.4) is 0 Å². The van der Waals surface area contributed by atoms with Crippen molar-refractivity contribution in [2.24, 2.45) is 0 Å². The van der Waals surface area contributed by atoms with Crippen LogP contribution in [0.4, 0.5) is 5.69 Å². The molecule has 0 radical (unpaired) electrons. The molecule has 0 N–H and O–H groups in total. The number of carbonyl (C=O) groups is 1. The fraction of sp³-hybridized carbons (Fsp3) is 0.0345. The summed E-state index contributed by atoms with van der Waals surface area (Å²) in [6.45, 7) is 0.0492. The van der Waals surface area contributed by atoms with E-state index in [1.807, 2.05) is 60.7 Å². The maximum Gasteiger partial charge on any atom is 0.339 e. The van der Waals surface area contributed by atoms with Crippen molar-refractivity contribution in [3.63, 3.8) is 0 Å². The van der Waals surface area contributed by atoms with Gasteiger partial charge < -0.3 is 9.47 Å². The predicted octanol–water partition coefficient (Wildman–Crippen LogP) is 6.96. The Kier molecular flexibility index (Phi) is 6.36. The third-order valence-electron chi connectivity index (χ3n) is 5.56. The lowest BCUT2D eigenvalue weighted by Gasteiger charge is -2.11. The number of rotatable bonds is 7. The first-order valence-electron chi connectivity index (χ1n) is 11.2. The number of aromatic nitrogens is 1. The van der Waals surface area contributed by atoms with Crippen molar-refractivity contribution in [3.05, 3.63) is 130 Å². The summed E-state index contributed by atoms with van der Waals surface area (Å²) in [5, 5.41) is 11.5. The van der Waals surface area contributed by atoms with Crippen LogP contribution in [0, 0.1) is 10.1 Å². The van der Waals surface area contributed by atoms with E-state index in [4.69, 9.17) is 14.5 Å². The van der Waals surface area contributed by atoms with E-state index in [2.05, 4.69) is 0 Å². The highest BCUT2D eigenvalue weighted by Crippen LogP contribution is 2.27. The smallest absolute Gasteiger partial charge is 0.339 e. The minimum Gasteiger partial charge on any atom is -0.457 e. The topological polar surface area (TPSA) is 91.6 Å². The molecule has 0 aliphatic carbocycles. The number of ether oxygens (including phenoxy) is 2. The molecule has 4 aromatic carbocycles. The fourth-order valence-corrected chi connectivity index (χ4v) is 3.80. The summed E-state index contributed by atoms with van der Waals surface area (Å²) in [4.78, 5) is 28.2. The van der Waals surface area contributed by atoms with Crippen molar-refractivity contribution >= 4 is 22.6 Å². The molecule has 1 aromatic heterocycles. The number of nitrogens with zero attached hydrogens (tertiary/aromatic N) is 2. The fourth-order valence-electron chi connectivity index (χ4n) is 3.80. The maximum absolute atomic E-state index is 13.1. The standard InChI is InChI=1S/C29H20N2O5/c32-29(26-18-28(21-8-2-1-3-9-21)30-27-12-5-4-11-25(26)27)35-19-20-7-6-10-24(17-20)36-23-15-13-22(14-16-23)31(33)34/h1-18H,19H2. The molecule has 0 aliphatic heterocycles. The second kappa shape index (κ2) is 10.1. The van der Waals surface area contributed by atoms with Gasteiger partial charge in [-0.05, 0) is 42.0 Å². The molecule has 0 atom stereocenters. The quantitative estimate of drug-likeness (QED) is 0.143. The van der Waals surface area contributed by atoms with Crippen molar-refractivity contribution < 1.29 is 19.2 Å². The van der Waals surface area contributed by atoms with Gasteiger partial charge in [0.1, 0.15) is 18.1 Å². The Morgan fingerprint density at radius 2 is 1.56 bits per heavy atom. The third-order valence-corrected chi connectivity index (χ3v) is 5.56. The molecule has 0 fully saturated rings. The SMILES string of the molecule is O=C(OCc1cccc(Oc2ccc([N+](=O)[O-])cc2)c1)c1cc(-c2ccccc2)nc2ccccc12. The van der Waals surface area contributed by atoms with Crippen LogP contribution in [0.2, 0.25) is 0 Å². The zero-order valence-corrected chi connectivity index (χ0v) is 19.0. The summed E-state index contributed by atoms with van der Waals surface area (Å²) < 4.78 is 11.5. The minimum atomic E-state index is -0.465.